The van der Waals surface area contributed by atoms with Crippen molar-refractivity contribution in [3.8, 4) is 0 Å². The smallest absolute Gasteiger partial charge is 0.0236 e. The summed E-state index contributed by atoms with van der Waals surface area (Å²) in [5, 5.41) is 0. The van der Waals surface area contributed by atoms with E-state index < -0.39 is 0 Å². The first kappa shape index (κ1) is 11.2. The van der Waals surface area contributed by atoms with Crippen molar-refractivity contribution in [2.24, 2.45) is 11.7 Å². The first-order chi connectivity index (χ1) is 8.17. The number of nitrogens with two attached hydrogens (primary N) is 1. The van der Waals surface area contributed by atoms with Crippen molar-refractivity contribution in [1.82, 2.24) is 4.90 Å². The van der Waals surface area contributed by atoms with Gasteiger partial charge in [-0.05, 0) is 36.3 Å². The molecule has 92 valence electrons. The molecule has 0 bridgehead atoms. The Labute approximate surface area is 104 Å². The van der Waals surface area contributed by atoms with Crippen LogP contribution in [0.15, 0.2) is 24.3 Å². The number of rotatable bonds is 3. The summed E-state index contributed by atoms with van der Waals surface area (Å²) >= 11 is 0. The van der Waals surface area contributed by atoms with Gasteiger partial charge in [0.1, 0.15) is 0 Å². The van der Waals surface area contributed by atoms with Crippen LogP contribution in [0.5, 0.6) is 0 Å². The third-order valence-electron chi connectivity index (χ3n) is 4.55. The molecule has 2 aliphatic rings. The van der Waals surface area contributed by atoms with Crippen molar-refractivity contribution in [1.29, 1.82) is 0 Å². The molecule has 1 atom stereocenters. The Morgan fingerprint density at radius 2 is 2.00 bits per heavy atom. The molecule has 3 rings (SSSR count). The van der Waals surface area contributed by atoms with Crippen LogP contribution in [-0.2, 0) is 13.0 Å². The molecule has 0 radical (unpaired) electrons. The van der Waals surface area contributed by atoms with Crippen LogP contribution < -0.4 is 5.73 Å². The summed E-state index contributed by atoms with van der Waals surface area (Å²) in [6, 6.07) is 8.83. The zero-order chi connectivity index (χ0) is 11.9. The summed E-state index contributed by atoms with van der Waals surface area (Å²) in [7, 11) is 0. The Morgan fingerprint density at radius 3 is 2.71 bits per heavy atom. The fourth-order valence-corrected chi connectivity index (χ4v) is 2.92. The van der Waals surface area contributed by atoms with Crippen LogP contribution in [0.2, 0.25) is 0 Å². The van der Waals surface area contributed by atoms with Crippen molar-refractivity contribution in [2.75, 3.05) is 13.1 Å². The van der Waals surface area contributed by atoms with Gasteiger partial charge in [-0.3, -0.25) is 4.90 Å². The molecular formula is C15H22N2. The van der Waals surface area contributed by atoms with Gasteiger partial charge in [-0.2, -0.15) is 0 Å². The van der Waals surface area contributed by atoms with Gasteiger partial charge in [0.25, 0.3) is 0 Å². The van der Waals surface area contributed by atoms with E-state index in [2.05, 4.69) is 36.1 Å². The number of fused-ring (bicyclic) bond motifs is 1. The molecule has 2 heteroatoms. The molecule has 1 unspecified atom stereocenters. The lowest BCUT2D eigenvalue weighted by Gasteiger charge is -2.32. The minimum absolute atomic E-state index is 0.164. The largest absolute Gasteiger partial charge is 0.325 e. The molecule has 1 aliphatic heterocycles. The first-order valence-electron chi connectivity index (χ1n) is 6.75. The lowest BCUT2D eigenvalue weighted by Crippen LogP contribution is -2.41. The van der Waals surface area contributed by atoms with Gasteiger partial charge >= 0.3 is 0 Å². The summed E-state index contributed by atoms with van der Waals surface area (Å²) in [4.78, 5) is 2.57. The highest BCUT2D eigenvalue weighted by Crippen LogP contribution is 2.40. The van der Waals surface area contributed by atoms with Crippen LogP contribution in [0.1, 0.15) is 30.9 Å². The van der Waals surface area contributed by atoms with E-state index in [-0.39, 0.29) is 5.54 Å². The van der Waals surface area contributed by atoms with Crippen LogP contribution in [0.3, 0.4) is 0 Å². The molecule has 0 saturated heterocycles. The lowest BCUT2D eigenvalue weighted by atomic mass is 9.96. The summed E-state index contributed by atoms with van der Waals surface area (Å²) in [5.41, 5.74) is 9.48. The summed E-state index contributed by atoms with van der Waals surface area (Å²) in [5.74, 6) is 0.632. The maximum atomic E-state index is 6.28. The number of hydrogen-bond donors (Lipinski definition) is 1. The van der Waals surface area contributed by atoms with Crippen LogP contribution in [0, 0.1) is 5.92 Å². The van der Waals surface area contributed by atoms with Gasteiger partial charge in [0.05, 0.1) is 0 Å². The number of benzene rings is 1. The molecule has 1 heterocycles. The maximum absolute atomic E-state index is 6.28. The zero-order valence-corrected chi connectivity index (χ0v) is 10.7. The highest BCUT2D eigenvalue weighted by molar-refractivity contribution is 5.29. The average Bonchev–Trinajstić information content (AvgIpc) is 3.09. The normalized spacial score (nSPS) is 24.1. The quantitative estimate of drug-likeness (QED) is 0.862. The van der Waals surface area contributed by atoms with E-state index in [1.54, 1.807) is 0 Å². The predicted molar refractivity (Wildman–Crippen MR) is 70.7 cm³/mol. The second-order valence-corrected chi connectivity index (χ2v) is 5.89. The maximum Gasteiger partial charge on any atom is 0.0236 e. The fraction of sp³-hybridized carbons (Fsp3) is 0.600. The molecule has 1 fully saturated rings. The topological polar surface area (TPSA) is 29.3 Å². The fourth-order valence-electron chi connectivity index (χ4n) is 2.92. The van der Waals surface area contributed by atoms with E-state index in [9.17, 15) is 0 Å². The standard InChI is InChI=1S/C15H22N2/c1-12(15(16)7-8-15)10-17-9-6-13-4-2-3-5-14(13)11-17/h2-5,12H,6-11,16H2,1H3. The first-order valence-corrected chi connectivity index (χ1v) is 6.75. The van der Waals surface area contributed by atoms with E-state index in [1.807, 2.05) is 0 Å². The molecule has 0 spiro atoms. The van der Waals surface area contributed by atoms with Crippen LogP contribution in [0.4, 0.5) is 0 Å². The van der Waals surface area contributed by atoms with Crippen LogP contribution in [0.25, 0.3) is 0 Å². The zero-order valence-electron chi connectivity index (χ0n) is 10.7. The van der Waals surface area contributed by atoms with E-state index in [4.69, 9.17) is 5.73 Å². The van der Waals surface area contributed by atoms with Crippen molar-refractivity contribution in [3.05, 3.63) is 35.4 Å². The third kappa shape index (κ3) is 2.24. The molecule has 17 heavy (non-hydrogen) atoms. The van der Waals surface area contributed by atoms with Crippen molar-refractivity contribution >= 4 is 0 Å². The minimum Gasteiger partial charge on any atom is -0.325 e. The Bertz CT molecular complexity index is 409. The van der Waals surface area contributed by atoms with E-state index in [0.717, 1.165) is 13.1 Å². The van der Waals surface area contributed by atoms with Gasteiger partial charge in [-0.25, -0.2) is 0 Å². The van der Waals surface area contributed by atoms with Crippen molar-refractivity contribution in [2.45, 2.75) is 38.3 Å². The Kier molecular flexibility index (Phi) is 2.72. The molecule has 1 aromatic rings. The van der Waals surface area contributed by atoms with Gasteiger partial charge in [-0.15, -0.1) is 0 Å². The Balaban J connectivity index is 1.64. The predicted octanol–water partition coefficient (Wildman–Crippen LogP) is 2.17. The van der Waals surface area contributed by atoms with Gasteiger partial charge in [-0.1, -0.05) is 31.2 Å². The highest BCUT2D eigenvalue weighted by atomic mass is 15.1. The molecule has 2 nitrogen and oxygen atoms in total. The Hall–Kier alpha value is -0.860. The van der Waals surface area contributed by atoms with Gasteiger partial charge in [0.15, 0.2) is 0 Å². The highest BCUT2D eigenvalue weighted by Gasteiger charge is 2.43. The summed E-state index contributed by atoms with van der Waals surface area (Å²) in [6.45, 7) is 5.77. The van der Waals surface area contributed by atoms with Gasteiger partial charge < -0.3 is 5.73 Å². The molecule has 1 saturated carbocycles. The molecule has 0 amide bonds. The second-order valence-electron chi connectivity index (χ2n) is 5.89. The number of nitrogens with zero attached hydrogens (tertiary/aromatic N) is 1. The molecule has 1 aliphatic carbocycles. The van der Waals surface area contributed by atoms with Crippen molar-refractivity contribution in [3.63, 3.8) is 0 Å². The molecular weight excluding hydrogens is 208 g/mol. The summed E-state index contributed by atoms with van der Waals surface area (Å²) in [6.07, 6.45) is 3.64. The lowest BCUT2D eigenvalue weighted by molar-refractivity contribution is 0.201. The van der Waals surface area contributed by atoms with Crippen LogP contribution in [-0.4, -0.2) is 23.5 Å². The third-order valence-corrected chi connectivity index (χ3v) is 4.55. The average molecular weight is 230 g/mol. The monoisotopic (exact) mass is 230 g/mol. The second kappa shape index (κ2) is 4.11. The van der Waals surface area contributed by atoms with E-state index in [1.165, 1.54) is 36.9 Å². The number of hydrogen-bond acceptors (Lipinski definition) is 2. The minimum atomic E-state index is 0.164. The van der Waals surface area contributed by atoms with Crippen LogP contribution >= 0.6 is 0 Å². The SMILES string of the molecule is CC(CN1CCc2ccccc2C1)C1(N)CC1. The Morgan fingerprint density at radius 1 is 1.29 bits per heavy atom. The summed E-state index contributed by atoms with van der Waals surface area (Å²) < 4.78 is 0. The van der Waals surface area contributed by atoms with Gasteiger partial charge in [0.2, 0.25) is 0 Å². The molecule has 0 aromatic heterocycles. The molecule has 1 aromatic carbocycles. The van der Waals surface area contributed by atoms with E-state index in [0.29, 0.717) is 5.92 Å². The molecule has 2 N–H and O–H groups in total. The van der Waals surface area contributed by atoms with Crippen molar-refractivity contribution < 1.29 is 0 Å². The van der Waals surface area contributed by atoms with Gasteiger partial charge in [0, 0.05) is 25.2 Å². The van der Waals surface area contributed by atoms with E-state index >= 15 is 0 Å².